The fraction of sp³-hybridized carbons (Fsp3) is 0.400. The number of H-pyrrole nitrogens is 1. The number of nitrogens with one attached hydrogen (secondary N) is 2. The van der Waals surface area contributed by atoms with E-state index in [1.54, 1.807) is 6.20 Å². The first kappa shape index (κ1) is 18.5. The van der Waals surface area contributed by atoms with Crippen LogP contribution in [0, 0.1) is 5.92 Å². The molecule has 8 heteroatoms. The molecular formula is C20H22F2N6. The highest BCUT2D eigenvalue weighted by atomic mass is 19.3. The van der Waals surface area contributed by atoms with Gasteiger partial charge in [-0.25, -0.2) is 13.8 Å². The van der Waals surface area contributed by atoms with Crippen molar-refractivity contribution in [3.8, 4) is 11.3 Å². The number of anilines is 1. The molecule has 2 N–H and O–H groups in total. The number of hydrogen-bond acceptors (Lipinski definition) is 5. The van der Waals surface area contributed by atoms with Gasteiger partial charge in [-0.1, -0.05) is 0 Å². The van der Waals surface area contributed by atoms with Crippen LogP contribution in [0.25, 0.3) is 22.3 Å². The summed E-state index contributed by atoms with van der Waals surface area (Å²) >= 11 is 0. The van der Waals surface area contributed by atoms with Gasteiger partial charge in [0.25, 0.3) is 0 Å². The number of rotatable bonds is 6. The molecule has 0 saturated carbocycles. The van der Waals surface area contributed by atoms with Crippen molar-refractivity contribution in [1.29, 1.82) is 0 Å². The normalized spacial score (nSPS) is 16.3. The predicted molar refractivity (Wildman–Crippen MR) is 106 cm³/mol. The summed E-state index contributed by atoms with van der Waals surface area (Å²) in [5, 5.41) is 3.98. The van der Waals surface area contributed by atoms with E-state index in [1.165, 1.54) is 0 Å². The van der Waals surface area contributed by atoms with Crippen LogP contribution in [0.4, 0.5) is 20.4 Å². The van der Waals surface area contributed by atoms with Crippen LogP contribution in [0.2, 0.25) is 0 Å². The van der Waals surface area contributed by atoms with Gasteiger partial charge < -0.3 is 10.3 Å². The summed E-state index contributed by atoms with van der Waals surface area (Å²) in [5.41, 5.74) is 5.02. The molecule has 0 unspecified atom stereocenters. The Hall–Kier alpha value is -2.90. The highest BCUT2D eigenvalue weighted by Gasteiger charge is 2.23. The smallest absolute Gasteiger partial charge is 0.238 e. The van der Waals surface area contributed by atoms with Gasteiger partial charge >= 0.3 is 0 Å². The topological polar surface area (TPSA) is 78.9 Å². The van der Waals surface area contributed by atoms with E-state index in [9.17, 15) is 8.78 Å². The highest BCUT2D eigenvalue weighted by molar-refractivity contribution is 5.93. The van der Waals surface area contributed by atoms with Crippen molar-refractivity contribution in [2.24, 2.45) is 10.9 Å². The van der Waals surface area contributed by atoms with E-state index in [-0.39, 0.29) is 12.3 Å². The lowest BCUT2D eigenvalue weighted by molar-refractivity contribution is 0.131. The molecule has 0 radical (unpaired) electrons. The first-order valence-electron chi connectivity index (χ1n) is 9.46. The Kier molecular flexibility index (Phi) is 5.02. The zero-order valence-corrected chi connectivity index (χ0v) is 15.8. The van der Waals surface area contributed by atoms with Crippen molar-refractivity contribution >= 4 is 28.4 Å². The van der Waals surface area contributed by atoms with Crippen molar-refractivity contribution < 1.29 is 8.78 Å². The molecule has 0 amide bonds. The second kappa shape index (κ2) is 7.61. The van der Waals surface area contributed by atoms with Crippen molar-refractivity contribution in [3.63, 3.8) is 0 Å². The number of fused-ring (bicyclic) bond motifs is 2. The van der Waals surface area contributed by atoms with E-state index in [2.05, 4.69) is 25.3 Å². The number of pyridine rings is 1. The van der Waals surface area contributed by atoms with Crippen molar-refractivity contribution in [1.82, 2.24) is 19.9 Å². The third-order valence-corrected chi connectivity index (χ3v) is 5.05. The van der Waals surface area contributed by atoms with E-state index >= 15 is 0 Å². The summed E-state index contributed by atoms with van der Waals surface area (Å²) in [4.78, 5) is 21.4. The highest BCUT2D eigenvalue weighted by Crippen LogP contribution is 2.34. The molecule has 0 fully saturated rings. The third-order valence-electron chi connectivity index (χ3n) is 5.05. The lowest BCUT2D eigenvalue weighted by Crippen LogP contribution is -2.19. The van der Waals surface area contributed by atoms with Crippen LogP contribution in [0.3, 0.4) is 0 Å². The largest absolute Gasteiger partial charge is 0.354 e. The minimum absolute atomic E-state index is 0.0122. The number of alkyl halides is 2. The van der Waals surface area contributed by atoms with E-state index in [0.29, 0.717) is 18.8 Å². The maximum Gasteiger partial charge on any atom is 0.238 e. The molecule has 28 heavy (non-hydrogen) atoms. The molecule has 146 valence electrons. The zero-order valence-electron chi connectivity index (χ0n) is 15.8. The Bertz CT molecular complexity index is 1030. The molecule has 4 rings (SSSR count). The Morgan fingerprint density at radius 3 is 2.93 bits per heavy atom. The molecule has 1 aliphatic rings. The molecule has 1 aliphatic heterocycles. The van der Waals surface area contributed by atoms with Crippen LogP contribution >= 0.6 is 0 Å². The number of halogens is 2. The van der Waals surface area contributed by atoms with Crippen LogP contribution in [0.5, 0.6) is 0 Å². The third kappa shape index (κ3) is 3.58. The second-order valence-electron chi connectivity index (χ2n) is 6.97. The second-order valence-corrected chi connectivity index (χ2v) is 6.97. The molecule has 0 spiro atoms. The van der Waals surface area contributed by atoms with Gasteiger partial charge in [0.05, 0.1) is 17.1 Å². The average Bonchev–Trinajstić information content (AvgIpc) is 3.09. The molecular weight excluding hydrogens is 362 g/mol. The fourth-order valence-corrected chi connectivity index (χ4v) is 3.56. The number of nitrogens with zero attached hydrogens (tertiary/aromatic N) is 4. The molecule has 3 aromatic rings. The maximum atomic E-state index is 12.6. The summed E-state index contributed by atoms with van der Waals surface area (Å²) in [6.07, 6.45) is 2.31. The summed E-state index contributed by atoms with van der Waals surface area (Å²) < 4.78 is 25.2. The van der Waals surface area contributed by atoms with E-state index in [1.807, 2.05) is 32.2 Å². The summed E-state index contributed by atoms with van der Waals surface area (Å²) in [7, 11) is 0. The van der Waals surface area contributed by atoms with Crippen LogP contribution in [0.15, 0.2) is 29.5 Å². The molecule has 6 nitrogen and oxygen atoms in total. The van der Waals surface area contributed by atoms with Crippen LogP contribution in [-0.4, -0.2) is 38.6 Å². The van der Waals surface area contributed by atoms with Crippen molar-refractivity contribution in [2.45, 2.75) is 39.5 Å². The lowest BCUT2D eigenvalue weighted by Gasteiger charge is -2.22. The van der Waals surface area contributed by atoms with Gasteiger partial charge in [-0.15, -0.1) is 0 Å². The molecule has 0 aromatic carbocycles. The van der Waals surface area contributed by atoms with Crippen LogP contribution in [0.1, 0.15) is 32.4 Å². The molecule has 3 aromatic heterocycles. The Morgan fingerprint density at radius 1 is 1.29 bits per heavy atom. The van der Waals surface area contributed by atoms with Gasteiger partial charge in [0.15, 0.2) is 0 Å². The van der Waals surface area contributed by atoms with Crippen LogP contribution < -0.4 is 5.32 Å². The zero-order chi connectivity index (χ0) is 19.7. The van der Waals surface area contributed by atoms with Crippen molar-refractivity contribution in [3.05, 3.63) is 30.2 Å². The lowest BCUT2D eigenvalue weighted by atomic mass is 9.90. The van der Waals surface area contributed by atoms with E-state index in [4.69, 9.17) is 4.98 Å². The maximum absolute atomic E-state index is 12.6. The molecule has 1 atom stereocenters. The van der Waals surface area contributed by atoms with Gasteiger partial charge in [-0.05, 0) is 38.8 Å². The number of hydrogen-bond donors (Lipinski definition) is 2. The Labute approximate surface area is 161 Å². The number of aromatic amines is 1. The average molecular weight is 384 g/mol. The van der Waals surface area contributed by atoms with Crippen molar-refractivity contribution in [2.75, 3.05) is 11.9 Å². The summed E-state index contributed by atoms with van der Waals surface area (Å²) in [5.74, 6) is 0.590. The summed E-state index contributed by atoms with van der Waals surface area (Å²) in [6.45, 7) is 4.65. The quantitative estimate of drug-likeness (QED) is 0.642. The van der Waals surface area contributed by atoms with E-state index < -0.39 is 6.43 Å². The molecule has 0 aliphatic carbocycles. The molecule has 4 heterocycles. The summed E-state index contributed by atoms with van der Waals surface area (Å²) in [6, 6.07) is 3.87. The van der Waals surface area contributed by atoms with Gasteiger partial charge in [-0.2, -0.15) is 4.98 Å². The molecule has 0 saturated heterocycles. The predicted octanol–water partition coefficient (Wildman–Crippen LogP) is 4.76. The van der Waals surface area contributed by atoms with Crippen LogP contribution in [-0.2, 0) is 6.42 Å². The van der Waals surface area contributed by atoms with Gasteiger partial charge in [0.2, 0.25) is 12.4 Å². The van der Waals surface area contributed by atoms with E-state index in [0.717, 1.165) is 45.9 Å². The first-order valence-corrected chi connectivity index (χ1v) is 9.46. The standard InChI is InChI=1S/C20H22F2N6/c1-3-23-20-25-10-14-13(9-24-19(14)28-20)15-5-6-16-17(27-15)8-12(11(2)26-16)4-7-18(21)22/h5-6,9-10,12,18H,3-4,7-8H2,1-2H3,(H2,23,24,25,28)/t12-/m0/s1. The SMILES string of the molecule is CCNc1ncc2c(-c3ccc4c(n3)C[C@H](CCC(F)F)C(C)=N4)c[nH]c2n1. The fourth-order valence-electron chi connectivity index (χ4n) is 3.56. The minimum Gasteiger partial charge on any atom is -0.354 e. The molecule has 0 bridgehead atoms. The minimum atomic E-state index is -2.29. The van der Waals surface area contributed by atoms with Gasteiger partial charge in [0.1, 0.15) is 5.65 Å². The Morgan fingerprint density at radius 2 is 2.14 bits per heavy atom. The van der Waals surface area contributed by atoms with Gasteiger partial charge in [0, 0.05) is 47.9 Å². The Balaban J connectivity index is 1.65. The number of aliphatic imine (C=N–C) groups is 1. The van der Waals surface area contributed by atoms with Gasteiger partial charge in [-0.3, -0.25) is 9.98 Å². The number of aromatic nitrogens is 4. The first-order chi connectivity index (χ1) is 13.5. The monoisotopic (exact) mass is 384 g/mol.